The van der Waals surface area contributed by atoms with Crippen LogP contribution in [0.1, 0.15) is 22.5 Å². The molecule has 16 heavy (non-hydrogen) atoms. The van der Waals surface area contributed by atoms with E-state index in [0.29, 0.717) is 6.54 Å². The van der Waals surface area contributed by atoms with Gasteiger partial charge in [0.1, 0.15) is 5.82 Å². The van der Waals surface area contributed by atoms with Gasteiger partial charge in [0.05, 0.1) is 5.69 Å². The summed E-state index contributed by atoms with van der Waals surface area (Å²) in [7, 11) is 0. The van der Waals surface area contributed by atoms with E-state index in [9.17, 15) is 0 Å². The lowest BCUT2D eigenvalue weighted by molar-refractivity contribution is 0.993. The molecule has 0 fully saturated rings. The van der Waals surface area contributed by atoms with E-state index >= 15 is 0 Å². The molecule has 0 aliphatic rings. The minimum atomic E-state index is 0.479. The van der Waals surface area contributed by atoms with Crippen molar-refractivity contribution in [1.29, 1.82) is 0 Å². The minimum absolute atomic E-state index is 0.479. The molecule has 0 aliphatic heterocycles. The van der Waals surface area contributed by atoms with Crippen LogP contribution in [0.25, 0.3) is 11.4 Å². The summed E-state index contributed by atoms with van der Waals surface area (Å²) in [6, 6.07) is 6.37. The minimum Gasteiger partial charge on any atom is -0.342 e. The monoisotopic (exact) mass is 215 g/mol. The summed E-state index contributed by atoms with van der Waals surface area (Å²) in [5, 5.41) is 0. The number of rotatable bonds is 2. The maximum absolute atomic E-state index is 5.63. The molecule has 0 spiro atoms. The molecule has 0 saturated carbocycles. The number of hydrogen-bond donors (Lipinski definition) is 2. The third-order valence-electron chi connectivity index (χ3n) is 2.83. The van der Waals surface area contributed by atoms with Crippen LogP contribution < -0.4 is 5.73 Å². The first-order valence-electron chi connectivity index (χ1n) is 5.45. The van der Waals surface area contributed by atoms with Gasteiger partial charge in [-0.3, -0.25) is 0 Å². The predicted octanol–water partition coefficient (Wildman–Crippen LogP) is 2.46. The number of nitrogens with zero attached hydrogens (tertiary/aromatic N) is 1. The lowest BCUT2D eigenvalue weighted by Gasteiger charge is -2.03. The van der Waals surface area contributed by atoms with Crippen LogP contribution in [0.3, 0.4) is 0 Å². The van der Waals surface area contributed by atoms with Crippen LogP contribution >= 0.6 is 0 Å². The smallest absolute Gasteiger partial charge is 0.138 e. The maximum atomic E-state index is 5.63. The number of benzene rings is 1. The summed E-state index contributed by atoms with van der Waals surface area (Å²) >= 11 is 0. The summed E-state index contributed by atoms with van der Waals surface area (Å²) in [5.74, 6) is 0.916. The second-order valence-electron chi connectivity index (χ2n) is 4.18. The van der Waals surface area contributed by atoms with Crippen molar-refractivity contribution in [2.24, 2.45) is 5.73 Å². The summed E-state index contributed by atoms with van der Waals surface area (Å²) in [6.07, 6.45) is 0. The van der Waals surface area contributed by atoms with Crippen LogP contribution in [0.5, 0.6) is 0 Å². The van der Waals surface area contributed by atoms with Gasteiger partial charge in [0, 0.05) is 17.8 Å². The highest BCUT2D eigenvalue weighted by Crippen LogP contribution is 2.22. The number of H-pyrrole nitrogens is 1. The summed E-state index contributed by atoms with van der Waals surface area (Å²) < 4.78 is 0. The largest absolute Gasteiger partial charge is 0.342 e. The van der Waals surface area contributed by atoms with Gasteiger partial charge >= 0.3 is 0 Å². The Balaban J connectivity index is 2.53. The Bertz CT molecular complexity index is 512. The van der Waals surface area contributed by atoms with Gasteiger partial charge in [-0.15, -0.1) is 0 Å². The van der Waals surface area contributed by atoms with Crippen molar-refractivity contribution in [2.75, 3.05) is 0 Å². The quantitative estimate of drug-likeness (QED) is 0.808. The molecule has 1 aromatic heterocycles. The van der Waals surface area contributed by atoms with Gasteiger partial charge in [-0.25, -0.2) is 4.98 Å². The van der Waals surface area contributed by atoms with Crippen molar-refractivity contribution >= 4 is 0 Å². The Kier molecular flexibility index (Phi) is 2.79. The molecule has 84 valence electrons. The lowest BCUT2D eigenvalue weighted by atomic mass is 10.1. The zero-order chi connectivity index (χ0) is 11.7. The van der Waals surface area contributed by atoms with E-state index in [1.54, 1.807) is 0 Å². The lowest BCUT2D eigenvalue weighted by Crippen LogP contribution is -1.98. The molecule has 0 atom stereocenters. The van der Waals surface area contributed by atoms with Crippen LogP contribution in [0, 0.1) is 20.8 Å². The number of nitrogens with one attached hydrogen (secondary N) is 1. The van der Waals surface area contributed by atoms with Crippen molar-refractivity contribution < 1.29 is 0 Å². The van der Waals surface area contributed by atoms with Gasteiger partial charge in [0.15, 0.2) is 0 Å². The molecule has 3 nitrogen and oxygen atoms in total. The molecular formula is C13H17N3. The van der Waals surface area contributed by atoms with E-state index in [1.807, 2.05) is 6.92 Å². The van der Waals surface area contributed by atoms with Gasteiger partial charge < -0.3 is 10.7 Å². The molecule has 0 radical (unpaired) electrons. The van der Waals surface area contributed by atoms with Crippen LogP contribution in [0.4, 0.5) is 0 Å². The number of imidazole rings is 1. The van der Waals surface area contributed by atoms with E-state index in [4.69, 9.17) is 5.73 Å². The van der Waals surface area contributed by atoms with E-state index in [1.165, 1.54) is 11.1 Å². The standard InChI is InChI=1S/C13H17N3/c1-8-4-5-9(2)11(6-8)13-15-10(3)12(7-14)16-13/h4-6H,7,14H2,1-3H3,(H,15,16). The average molecular weight is 215 g/mol. The maximum Gasteiger partial charge on any atom is 0.138 e. The molecule has 2 rings (SSSR count). The normalized spacial score (nSPS) is 10.8. The SMILES string of the molecule is Cc1ccc(C)c(-c2nc(CN)c(C)[nH]2)c1. The highest BCUT2D eigenvalue weighted by Gasteiger charge is 2.09. The summed E-state index contributed by atoms with van der Waals surface area (Å²) in [5.41, 5.74) is 11.2. The average Bonchev–Trinajstić information content (AvgIpc) is 2.63. The number of aryl methyl sites for hydroxylation is 3. The van der Waals surface area contributed by atoms with Crippen LogP contribution in [-0.4, -0.2) is 9.97 Å². The molecule has 0 unspecified atom stereocenters. The first-order valence-corrected chi connectivity index (χ1v) is 5.45. The van der Waals surface area contributed by atoms with Gasteiger partial charge in [-0.1, -0.05) is 17.7 Å². The zero-order valence-corrected chi connectivity index (χ0v) is 9.96. The second kappa shape index (κ2) is 4.10. The molecule has 0 saturated heterocycles. The van der Waals surface area contributed by atoms with Crippen molar-refractivity contribution in [2.45, 2.75) is 27.3 Å². The third kappa shape index (κ3) is 1.86. The molecule has 3 N–H and O–H groups in total. The second-order valence-corrected chi connectivity index (χ2v) is 4.18. The van der Waals surface area contributed by atoms with E-state index in [0.717, 1.165) is 22.8 Å². The fraction of sp³-hybridized carbons (Fsp3) is 0.308. The number of nitrogens with two attached hydrogens (primary N) is 1. The van der Waals surface area contributed by atoms with Crippen LogP contribution in [0.15, 0.2) is 18.2 Å². The number of aromatic amines is 1. The van der Waals surface area contributed by atoms with Gasteiger partial charge in [-0.2, -0.15) is 0 Å². The van der Waals surface area contributed by atoms with Gasteiger partial charge in [-0.05, 0) is 32.4 Å². The molecule has 1 heterocycles. The van der Waals surface area contributed by atoms with Crippen molar-refractivity contribution in [3.8, 4) is 11.4 Å². The highest BCUT2D eigenvalue weighted by atomic mass is 14.9. The Hall–Kier alpha value is -1.61. The zero-order valence-electron chi connectivity index (χ0n) is 9.96. The fourth-order valence-electron chi connectivity index (χ4n) is 1.81. The topological polar surface area (TPSA) is 54.7 Å². The number of aromatic nitrogens is 2. The van der Waals surface area contributed by atoms with E-state index in [2.05, 4.69) is 42.0 Å². The Morgan fingerprint density at radius 2 is 2.00 bits per heavy atom. The molecule has 0 bridgehead atoms. The molecule has 0 aliphatic carbocycles. The predicted molar refractivity (Wildman–Crippen MR) is 66.1 cm³/mol. The third-order valence-corrected chi connectivity index (χ3v) is 2.83. The van der Waals surface area contributed by atoms with Gasteiger partial charge in [0.25, 0.3) is 0 Å². The Morgan fingerprint density at radius 1 is 1.25 bits per heavy atom. The highest BCUT2D eigenvalue weighted by molar-refractivity contribution is 5.61. The Morgan fingerprint density at radius 3 is 2.62 bits per heavy atom. The van der Waals surface area contributed by atoms with E-state index < -0.39 is 0 Å². The van der Waals surface area contributed by atoms with Crippen molar-refractivity contribution in [3.05, 3.63) is 40.7 Å². The first-order chi connectivity index (χ1) is 7.61. The molecule has 3 heteroatoms. The Labute approximate surface area is 95.7 Å². The molecular weight excluding hydrogens is 198 g/mol. The summed E-state index contributed by atoms with van der Waals surface area (Å²) in [4.78, 5) is 7.81. The van der Waals surface area contributed by atoms with Crippen LogP contribution in [-0.2, 0) is 6.54 Å². The van der Waals surface area contributed by atoms with E-state index in [-0.39, 0.29) is 0 Å². The fourth-order valence-corrected chi connectivity index (χ4v) is 1.81. The first kappa shape index (κ1) is 10.9. The number of hydrogen-bond acceptors (Lipinski definition) is 2. The molecule has 0 amide bonds. The summed E-state index contributed by atoms with van der Waals surface area (Å²) in [6.45, 7) is 6.66. The van der Waals surface area contributed by atoms with Crippen molar-refractivity contribution in [1.82, 2.24) is 9.97 Å². The molecule has 2 aromatic rings. The van der Waals surface area contributed by atoms with Crippen molar-refractivity contribution in [3.63, 3.8) is 0 Å². The molecule has 1 aromatic carbocycles. The van der Waals surface area contributed by atoms with Crippen LogP contribution in [0.2, 0.25) is 0 Å². The van der Waals surface area contributed by atoms with Gasteiger partial charge in [0.2, 0.25) is 0 Å².